The normalized spacial score (nSPS) is 14.6. The molecule has 0 spiro atoms. The van der Waals surface area contributed by atoms with Crippen LogP contribution in [0.5, 0.6) is 0 Å². The van der Waals surface area contributed by atoms with Crippen LogP contribution in [0, 0.1) is 0 Å². The number of carbonyl (C=O) groups excluding carboxylic acids is 2. The zero-order valence-corrected chi connectivity index (χ0v) is 10.9. The quantitative estimate of drug-likeness (QED) is 0.448. The molecule has 0 bridgehead atoms. The Morgan fingerprint density at radius 2 is 1.61 bits per heavy atom. The number of hydrogen-bond donors (Lipinski definition) is 0. The van der Waals surface area contributed by atoms with Crippen LogP contribution in [0.2, 0.25) is 0 Å². The smallest absolute Gasteiger partial charge is 0.253 e. The first kappa shape index (κ1) is 12.9. The van der Waals surface area contributed by atoms with Gasteiger partial charge in [0, 0.05) is 23.6 Å². The first-order valence-electron chi connectivity index (χ1n) is 5.99. The van der Waals surface area contributed by atoms with Crippen molar-refractivity contribution in [3.8, 4) is 0 Å². The molecule has 0 aromatic heterocycles. The molecule has 0 saturated carbocycles. The number of imide groups is 1. The van der Waals surface area contributed by atoms with Crippen LogP contribution in [-0.4, -0.2) is 29.0 Å². The number of nitrogens with zero attached hydrogens (tertiary/aromatic N) is 1. The van der Waals surface area contributed by atoms with Crippen molar-refractivity contribution in [3.05, 3.63) is 42.5 Å². The fraction of sp³-hybridized carbons (Fsp3) is 0.286. The molecule has 2 amide bonds. The van der Waals surface area contributed by atoms with E-state index in [0.29, 0.717) is 6.54 Å². The van der Waals surface area contributed by atoms with Gasteiger partial charge in [0.1, 0.15) is 0 Å². The van der Waals surface area contributed by atoms with Gasteiger partial charge in [-0.2, -0.15) is 0 Å². The van der Waals surface area contributed by atoms with Crippen molar-refractivity contribution in [3.63, 3.8) is 0 Å². The summed E-state index contributed by atoms with van der Waals surface area (Å²) in [6, 6.07) is 10.2. The van der Waals surface area contributed by atoms with Crippen molar-refractivity contribution in [2.45, 2.75) is 17.7 Å². The molecular weight excluding hydrogens is 246 g/mol. The lowest BCUT2D eigenvalue weighted by atomic mass is 10.3. The zero-order chi connectivity index (χ0) is 12.8. The van der Waals surface area contributed by atoms with Crippen LogP contribution in [0.3, 0.4) is 0 Å². The Morgan fingerprint density at radius 3 is 2.28 bits per heavy atom. The first-order valence-corrected chi connectivity index (χ1v) is 6.97. The van der Waals surface area contributed by atoms with Crippen LogP contribution in [0.25, 0.3) is 0 Å². The Labute approximate surface area is 111 Å². The highest BCUT2D eigenvalue weighted by atomic mass is 32.2. The van der Waals surface area contributed by atoms with Gasteiger partial charge in [-0.3, -0.25) is 14.5 Å². The molecule has 1 heterocycles. The standard InChI is InChI=1S/C14H15NO2S/c16-13-8-9-14(17)15(13)10-4-5-11-18-12-6-2-1-3-7-12/h1-3,6-9H,4-5,10-11H2. The molecular formula is C14H15NO2S. The van der Waals surface area contributed by atoms with Gasteiger partial charge >= 0.3 is 0 Å². The molecule has 18 heavy (non-hydrogen) atoms. The maximum absolute atomic E-state index is 11.3. The van der Waals surface area contributed by atoms with E-state index in [9.17, 15) is 9.59 Å². The van der Waals surface area contributed by atoms with Crippen molar-refractivity contribution < 1.29 is 9.59 Å². The lowest BCUT2D eigenvalue weighted by Crippen LogP contribution is -2.30. The fourth-order valence-corrected chi connectivity index (χ4v) is 2.66. The van der Waals surface area contributed by atoms with Gasteiger partial charge in [-0.05, 0) is 30.7 Å². The topological polar surface area (TPSA) is 37.4 Å². The third-order valence-electron chi connectivity index (χ3n) is 2.69. The molecule has 0 atom stereocenters. The van der Waals surface area contributed by atoms with Gasteiger partial charge in [-0.1, -0.05) is 18.2 Å². The highest BCUT2D eigenvalue weighted by molar-refractivity contribution is 7.99. The molecule has 3 nitrogen and oxygen atoms in total. The average Bonchev–Trinajstić information content (AvgIpc) is 2.71. The molecule has 0 N–H and O–H groups in total. The second-order valence-electron chi connectivity index (χ2n) is 4.03. The molecule has 1 aromatic carbocycles. The molecule has 0 aliphatic carbocycles. The number of thioether (sulfide) groups is 1. The van der Waals surface area contributed by atoms with E-state index >= 15 is 0 Å². The van der Waals surface area contributed by atoms with E-state index in [-0.39, 0.29) is 11.8 Å². The molecule has 94 valence electrons. The third kappa shape index (κ3) is 3.47. The number of benzene rings is 1. The van der Waals surface area contributed by atoms with Gasteiger partial charge in [-0.15, -0.1) is 11.8 Å². The predicted octanol–water partition coefficient (Wildman–Crippen LogP) is 2.48. The summed E-state index contributed by atoms with van der Waals surface area (Å²) >= 11 is 1.80. The maximum Gasteiger partial charge on any atom is 0.253 e. The molecule has 1 aliphatic rings. The predicted molar refractivity (Wildman–Crippen MR) is 72.3 cm³/mol. The van der Waals surface area contributed by atoms with Crippen molar-refractivity contribution in [1.82, 2.24) is 4.90 Å². The van der Waals surface area contributed by atoms with Crippen molar-refractivity contribution in [2.24, 2.45) is 0 Å². The van der Waals surface area contributed by atoms with E-state index in [1.807, 2.05) is 18.2 Å². The largest absolute Gasteiger partial charge is 0.275 e. The van der Waals surface area contributed by atoms with Crippen molar-refractivity contribution >= 4 is 23.6 Å². The SMILES string of the molecule is O=C1C=CC(=O)N1CCCCSc1ccccc1. The van der Waals surface area contributed by atoms with Crippen LogP contribution in [0.4, 0.5) is 0 Å². The van der Waals surface area contributed by atoms with Crippen molar-refractivity contribution in [1.29, 1.82) is 0 Å². The Bertz CT molecular complexity index is 438. The minimum Gasteiger partial charge on any atom is -0.275 e. The van der Waals surface area contributed by atoms with E-state index in [1.165, 1.54) is 21.9 Å². The molecule has 0 saturated heterocycles. The van der Waals surface area contributed by atoms with E-state index in [4.69, 9.17) is 0 Å². The van der Waals surface area contributed by atoms with Gasteiger partial charge in [-0.25, -0.2) is 0 Å². The minimum absolute atomic E-state index is 0.185. The van der Waals surface area contributed by atoms with Crippen LogP contribution in [0.1, 0.15) is 12.8 Å². The fourth-order valence-electron chi connectivity index (χ4n) is 1.73. The molecule has 2 rings (SSSR count). The second-order valence-corrected chi connectivity index (χ2v) is 5.20. The monoisotopic (exact) mass is 261 g/mol. The third-order valence-corrected chi connectivity index (χ3v) is 3.79. The Morgan fingerprint density at radius 1 is 0.944 bits per heavy atom. The number of carbonyl (C=O) groups is 2. The summed E-state index contributed by atoms with van der Waals surface area (Å²) in [4.78, 5) is 25.1. The van der Waals surface area contributed by atoms with Crippen LogP contribution in [-0.2, 0) is 9.59 Å². The number of hydrogen-bond acceptors (Lipinski definition) is 3. The molecule has 1 aliphatic heterocycles. The van der Waals surface area contributed by atoms with E-state index in [2.05, 4.69) is 12.1 Å². The van der Waals surface area contributed by atoms with Gasteiger partial charge in [0.05, 0.1) is 0 Å². The van der Waals surface area contributed by atoms with Gasteiger partial charge in [0.15, 0.2) is 0 Å². The van der Waals surface area contributed by atoms with Gasteiger partial charge < -0.3 is 0 Å². The molecule has 0 unspecified atom stereocenters. The summed E-state index contributed by atoms with van der Waals surface area (Å²) in [5, 5.41) is 0. The lowest BCUT2D eigenvalue weighted by Gasteiger charge is -2.12. The maximum atomic E-state index is 11.3. The van der Waals surface area contributed by atoms with Crippen LogP contribution >= 0.6 is 11.8 Å². The molecule has 0 radical (unpaired) electrons. The summed E-state index contributed by atoms with van der Waals surface area (Å²) in [6.45, 7) is 0.528. The second kappa shape index (κ2) is 6.40. The summed E-state index contributed by atoms with van der Waals surface area (Å²) in [6.07, 6.45) is 4.53. The van der Waals surface area contributed by atoms with Gasteiger partial charge in [0.2, 0.25) is 0 Å². The van der Waals surface area contributed by atoms with Gasteiger partial charge in [0.25, 0.3) is 11.8 Å². The highest BCUT2D eigenvalue weighted by Gasteiger charge is 2.21. The Hall–Kier alpha value is -1.55. The van der Waals surface area contributed by atoms with Crippen LogP contribution < -0.4 is 0 Å². The van der Waals surface area contributed by atoms with E-state index in [0.717, 1.165) is 18.6 Å². The highest BCUT2D eigenvalue weighted by Crippen LogP contribution is 2.18. The van der Waals surface area contributed by atoms with E-state index < -0.39 is 0 Å². The molecule has 0 fully saturated rings. The first-order chi connectivity index (χ1) is 8.77. The number of amides is 2. The zero-order valence-electron chi connectivity index (χ0n) is 10.0. The lowest BCUT2D eigenvalue weighted by molar-refractivity contribution is -0.136. The summed E-state index contributed by atoms with van der Waals surface area (Å²) in [5.41, 5.74) is 0. The summed E-state index contributed by atoms with van der Waals surface area (Å²) < 4.78 is 0. The number of rotatable bonds is 6. The Kier molecular flexibility index (Phi) is 4.59. The van der Waals surface area contributed by atoms with Crippen LogP contribution in [0.15, 0.2) is 47.4 Å². The average molecular weight is 261 g/mol. The van der Waals surface area contributed by atoms with E-state index in [1.54, 1.807) is 11.8 Å². The summed E-state index contributed by atoms with van der Waals surface area (Å²) in [7, 11) is 0. The minimum atomic E-state index is -0.185. The summed E-state index contributed by atoms with van der Waals surface area (Å²) in [5.74, 6) is 0.639. The molecule has 4 heteroatoms. The number of unbranched alkanes of at least 4 members (excludes halogenated alkanes) is 1. The Balaban J connectivity index is 1.62. The van der Waals surface area contributed by atoms with Crippen molar-refractivity contribution in [2.75, 3.05) is 12.3 Å². The molecule has 1 aromatic rings.